The van der Waals surface area contributed by atoms with Crippen molar-refractivity contribution in [2.45, 2.75) is 129 Å². The molecule has 0 fully saturated rings. The normalized spacial score (nSPS) is 12.1. The van der Waals surface area contributed by atoms with E-state index < -0.39 is 12.1 Å². The molecule has 4 nitrogen and oxygen atoms in total. The molecule has 0 bridgehead atoms. The molecule has 0 unspecified atom stereocenters. The first kappa shape index (κ1) is 26.1. The lowest BCUT2D eigenvalue weighted by molar-refractivity contribution is -0.145. The maximum absolute atomic E-state index is 11.7. The summed E-state index contributed by atoms with van der Waals surface area (Å²) in [7, 11) is 0. The van der Waals surface area contributed by atoms with Gasteiger partial charge in [0.2, 0.25) is 0 Å². The van der Waals surface area contributed by atoms with Crippen molar-refractivity contribution < 1.29 is 19.4 Å². The largest absolute Gasteiger partial charge is 0.463 e. The van der Waals surface area contributed by atoms with E-state index in [1.807, 2.05) is 0 Å². The monoisotopic (exact) mass is 384 g/mol. The Labute approximate surface area is 167 Å². The molecule has 0 spiro atoms. The Hall–Kier alpha value is -0.900. The average molecular weight is 385 g/mol. The Morgan fingerprint density at radius 1 is 0.741 bits per heavy atom. The molecule has 27 heavy (non-hydrogen) atoms. The number of carbonyl (C=O) groups excluding carboxylic acids is 2. The zero-order chi connectivity index (χ0) is 20.2. The van der Waals surface area contributed by atoms with Crippen molar-refractivity contribution in [2.24, 2.45) is 0 Å². The topological polar surface area (TPSA) is 63.6 Å². The molecule has 160 valence electrons. The maximum atomic E-state index is 11.7. The SMILES string of the molecule is CCCCCCCCCCCCCCCCCC(=O)C[C@H](O)COC(C)=O. The quantitative estimate of drug-likeness (QED) is 0.202. The zero-order valence-electron chi connectivity index (χ0n) is 18.0. The number of esters is 1. The van der Waals surface area contributed by atoms with Crippen molar-refractivity contribution in [3.8, 4) is 0 Å². The molecule has 0 aliphatic rings. The first-order valence-electron chi connectivity index (χ1n) is 11.4. The number of Topliss-reactive ketones (excluding diaryl/α,β-unsaturated/α-hetero) is 1. The van der Waals surface area contributed by atoms with Crippen molar-refractivity contribution in [3.05, 3.63) is 0 Å². The second kappa shape index (κ2) is 19.9. The van der Waals surface area contributed by atoms with E-state index in [2.05, 4.69) is 6.92 Å². The zero-order valence-corrected chi connectivity index (χ0v) is 18.0. The van der Waals surface area contributed by atoms with Crippen LogP contribution in [0.1, 0.15) is 123 Å². The van der Waals surface area contributed by atoms with Crippen molar-refractivity contribution in [1.82, 2.24) is 0 Å². The van der Waals surface area contributed by atoms with Gasteiger partial charge in [0.15, 0.2) is 0 Å². The highest BCUT2D eigenvalue weighted by molar-refractivity contribution is 5.78. The van der Waals surface area contributed by atoms with E-state index in [1.54, 1.807) is 0 Å². The van der Waals surface area contributed by atoms with Crippen molar-refractivity contribution in [2.75, 3.05) is 6.61 Å². The van der Waals surface area contributed by atoms with Gasteiger partial charge in [-0.15, -0.1) is 0 Å². The molecule has 0 aliphatic carbocycles. The molecule has 0 heterocycles. The van der Waals surface area contributed by atoms with E-state index in [0.717, 1.165) is 12.8 Å². The third-order valence-electron chi connectivity index (χ3n) is 5.00. The van der Waals surface area contributed by atoms with Crippen molar-refractivity contribution in [1.29, 1.82) is 0 Å². The molecule has 0 aromatic rings. The lowest BCUT2D eigenvalue weighted by Crippen LogP contribution is -2.20. The molecular formula is C23H44O4. The van der Waals surface area contributed by atoms with Crippen LogP contribution in [0.4, 0.5) is 0 Å². The highest BCUT2D eigenvalue weighted by Crippen LogP contribution is 2.14. The molecule has 0 aliphatic heterocycles. The summed E-state index contributed by atoms with van der Waals surface area (Å²) in [6.07, 6.45) is 19.4. The fraction of sp³-hybridized carbons (Fsp3) is 0.913. The Morgan fingerprint density at radius 2 is 1.15 bits per heavy atom. The fourth-order valence-corrected chi connectivity index (χ4v) is 3.33. The number of unbranched alkanes of at least 4 members (excludes halogenated alkanes) is 14. The van der Waals surface area contributed by atoms with Crippen LogP contribution >= 0.6 is 0 Å². The van der Waals surface area contributed by atoms with Crippen LogP contribution in [0.15, 0.2) is 0 Å². The van der Waals surface area contributed by atoms with E-state index >= 15 is 0 Å². The molecule has 0 saturated heterocycles. The number of aliphatic hydroxyl groups is 1. The van der Waals surface area contributed by atoms with Crippen molar-refractivity contribution in [3.63, 3.8) is 0 Å². The minimum Gasteiger partial charge on any atom is -0.463 e. The third kappa shape index (κ3) is 21.3. The van der Waals surface area contributed by atoms with Crippen LogP contribution < -0.4 is 0 Å². The second-order valence-electron chi connectivity index (χ2n) is 7.90. The van der Waals surface area contributed by atoms with Gasteiger partial charge in [-0.1, -0.05) is 96.8 Å². The summed E-state index contributed by atoms with van der Waals surface area (Å²) >= 11 is 0. The number of hydrogen-bond acceptors (Lipinski definition) is 4. The molecule has 0 amide bonds. The van der Waals surface area contributed by atoms with Crippen LogP contribution in [0.25, 0.3) is 0 Å². The van der Waals surface area contributed by atoms with Crippen LogP contribution in [0.2, 0.25) is 0 Å². The van der Waals surface area contributed by atoms with Crippen LogP contribution in [-0.2, 0) is 14.3 Å². The van der Waals surface area contributed by atoms with Crippen LogP contribution in [0.5, 0.6) is 0 Å². The Balaban J connectivity index is 3.24. The number of ketones is 1. The second-order valence-corrected chi connectivity index (χ2v) is 7.90. The van der Waals surface area contributed by atoms with Gasteiger partial charge < -0.3 is 9.84 Å². The van der Waals surface area contributed by atoms with Gasteiger partial charge in [0.05, 0.1) is 6.10 Å². The van der Waals surface area contributed by atoms with E-state index in [4.69, 9.17) is 4.74 Å². The molecule has 0 radical (unpaired) electrons. The van der Waals surface area contributed by atoms with E-state index in [-0.39, 0.29) is 18.8 Å². The Kier molecular flexibility index (Phi) is 19.2. The number of carbonyl (C=O) groups is 2. The third-order valence-corrected chi connectivity index (χ3v) is 5.00. The number of aliphatic hydroxyl groups excluding tert-OH is 1. The van der Waals surface area contributed by atoms with Crippen LogP contribution in [0, 0.1) is 0 Å². The van der Waals surface area contributed by atoms with Crippen molar-refractivity contribution >= 4 is 11.8 Å². The smallest absolute Gasteiger partial charge is 0.302 e. The first-order chi connectivity index (χ1) is 13.1. The molecular weight excluding hydrogens is 340 g/mol. The van der Waals surface area contributed by atoms with Crippen LogP contribution in [0.3, 0.4) is 0 Å². The molecule has 0 aromatic carbocycles. The molecule has 0 saturated carbocycles. The van der Waals surface area contributed by atoms with E-state index in [0.29, 0.717) is 6.42 Å². The number of ether oxygens (including phenoxy) is 1. The van der Waals surface area contributed by atoms with E-state index in [1.165, 1.54) is 90.4 Å². The predicted molar refractivity (Wildman–Crippen MR) is 112 cm³/mol. The standard InChI is InChI=1S/C23H44O4/c1-3-4-5-6-7-8-9-10-11-12-13-14-15-16-17-18-22(25)19-23(26)20-27-21(2)24/h23,26H,3-20H2,1-2H3/t23-/m0/s1. The molecule has 0 rings (SSSR count). The van der Waals surface area contributed by atoms with Gasteiger partial charge in [-0.25, -0.2) is 0 Å². The summed E-state index contributed by atoms with van der Waals surface area (Å²) < 4.78 is 4.69. The summed E-state index contributed by atoms with van der Waals surface area (Å²) in [6, 6.07) is 0. The summed E-state index contributed by atoms with van der Waals surface area (Å²) in [5.74, 6) is -0.367. The molecule has 4 heteroatoms. The molecule has 1 N–H and O–H groups in total. The minimum absolute atomic E-state index is 0.0596. The lowest BCUT2D eigenvalue weighted by Gasteiger charge is -2.09. The van der Waals surface area contributed by atoms with Gasteiger partial charge in [0.25, 0.3) is 0 Å². The fourth-order valence-electron chi connectivity index (χ4n) is 3.33. The van der Waals surface area contributed by atoms with Gasteiger partial charge in [0, 0.05) is 19.8 Å². The first-order valence-corrected chi connectivity index (χ1v) is 11.4. The molecule has 0 aromatic heterocycles. The van der Waals surface area contributed by atoms with Gasteiger partial charge >= 0.3 is 5.97 Å². The van der Waals surface area contributed by atoms with Crippen LogP contribution in [-0.4, -0.2) is 29.6 Å². The highest BCUT2D eigenvalue weighted by atomic mass is 16.5. The molecule has 1 atom stereocenters. The summed E-state index contributed by atoms with van der Waals surface area (Å²) in [6.45, 7) is 3.48. The lowest BCUT2D eigenvalue weighted by atomic mass is 10.0. The number of hydrogen-bond donors (Lipinski definition) is 1. The average Bonchev–Trinajstić information content (AvgIpc) is 2.63. The maximum Gasteiger partial charge on any atom is 0.302 e. The van der Waals surface area contributed by atoms with Gasteiger partial charge in [-0.3, -0.25) is 9.59 Å². The Morgan fingerprint density at radius 3 is 1.56 bits per heavy atom. The minimum atomic E-state index is -0.863. The van der Waals surface area contributed by atoms with E-state index in [9.17, 15) is 14.7 Å². The van der Waals surface area contributed by atoms with Gasteiger partial charge in [0.1, 0.15) is 12.4 Å². The van der Waals surface area contributed by atoms with Gasteiger partial charge in [-0.05, 0) is 6.42 Å². The van der Waals surface area contributed by atoms with Gasteiger partial charge in [-0.2, -0.15) is 0 Å². The number of rotatable bonds is 20. The Bertz CT molecular complexity index is 354. The highest BCUT2D eigenvalue weighted by Gasteiger charge is 2.11. The summed E-state index contributed by atoms with van der Waals surface area (Å²) in [5, 5.41) is 9.60. The predicted octanol–water partition coefficient (Wildman–Crippen LogP) is 6.13. The summed E-state index contributed by atoms with van der Waals surface area (Å²) in [5.41, 5.74) is 0. The summed E-state index contributed by atoms with van der Waals surface area (Å²) in [4.78, 5) is 22.4.